The molecule has 0 bridgehead atoms. The smallest absolute Gasteiger partial charge is 0.265 e. The molecule has 0 N–H and O–H groups in total. The Bertz CT molecular complexity index is 877. The van der Waals surface area contributed by atoms with Crippen LogP contribution in [0, 0.1) is 0 Å². The third kappa shape index (κ3) is 4.05. The maximum Gasteiger partial charge on any atom is 0.265 e. The SMILES string of the molecule is CCN(c1ccccc1)S(=O)(=O)c1ccc(N2CCN(C(C)=O)CC2)nc1. The summed E-state index contributed by atoms with van der Waals surface area (Å²) in [5.41, 5.74) is 0.629. The van der Waals surface area contributed by atoms with Gasteiger partial charge < -0.3 is 9.80 Å². The van der Waals surface area contributed by atoms with Crippen molar-refractivity contribution in [2.45, 2.75) is 18.7 Å². The minimum atomic E-state index is -3.67. The first-order chi connectivity index (χ1) is 12.9. The summed E-state index contributed by atoms with van der Waals surface area (Å²) >= 11 is 0. The van der Waals surface area contributed by atoms with Crippen LogP contribution in [0.1, 0.15) is 13.8 Å². The molecule has 1 saturated heterocycles. The summed E-state index contributed by atoms with van der Waals surface area (Å²) < 4.78 is 27.4. The predicted octanol–water partition coefficient (Wildman–Crippen LogP) is 1.97. The van der Waals surface area contributed by atoms with Crippen LogP contribution in [-0.4, -0.2) is 56.9 Å². The van der Waals surface area contributed by atoms with Crippen LogP contribution in [0.2, 0.25) is 0 Å². The minimum Gasteiger partial charge on any atom is -0.353 e. The van der Waals surface area contributed by atoms with Crippen LogP contribution in [-0.2, 0) is 14.8 Å². The van der Waals surface area contributed by atoms with Gasteiger partial charge in [-0.2, -0.15) is 0 Å². The summed E-state index contributed by atoms with van der Waals surface area (Å²) in [4.78, 5) is 19.8. The Balaban J connectivity index is 1.77. The molecule has 0 saturated carbocycles. The maximum absolute atomic E-state index is 13.0. The van der Waals surface area contributed by atoms with Crippen molar-refractivity contribution in [2.24, 2.45) is 0 Å². The molecule has 1 aliphatic heterocycles. The van der Waals surface area contributed by atoms with E-state index in [0.717, 1.165) is 5.82 Å². The Morgan fingerprint density at radius 3 is 2.26 bits per heavy atom. The van der Waals surface area contributed by atoms with Gasteiger partial charge in [-0.15, -0.1) is 0 Å². The van der Waals surface area contributed by atoms with Gasteiger partial charge in [-0.25, -0.2) is 13.4 Å². The van der Waals surface area contributed by atoms with Crippen molar-refractivity contribution in [3.05, 3.63) is 48.7 Å². The van der Waals surface area contributed by atoms with Crippen molar-refractivity contribution in [3.8, 4) is 0 Å². The molecule has 2 aromatic rings. The standard InChI is InChI=1S/C19H24N4O3S/c1-3-23(17-7-5-4-6-8-17)27(25,26)18-9-10-19(20-15-18)22-13-11-21(12-14-22)16(2)24/h4-10,15H,3,11-14H2,1-2H3. The normalized spacial score (nSPS) is 14.9. The van der Waals surface area contributed by atoms with E-state index in [4.69, 9.17) is 0 Å². The fraction of sp³-hybridized carbons (Fsp3) is 0.368. The van der Waals surface area contributed by atoms with Gasteiger partial charge in [0.05, 0.1) is 5.69 Å². The largest absolute Gasteiger partial charge is 0.353 e. The molecule has 1 aromatic heterocycles. The second kappa shape index (κ2) is 7.96. The van der Waals surface area contributed by atoms with E-state index in [0.29, 0.717) is 38.4 Å². The summed E-state index contributed by atoms with van der Waals surface area (Å²) in [5.74, 6) is 0.796. The average molecular weight is 388 g/mol. The van der Waals surface area contributed by atoms with Crippen molar-refractivity contribution >= 4 is 27.4 Å². The zero-order valence-electron chi connectivity index (χ0n) is 15.6. The van der Waals surface area contributed by atoms with Crippen LogP contribution < -0.4 is 9.21 Å². The van der Waals surface area contributed by atoms with Gasteiger partial charge in [-0.3, -0.25) is 9.10 Å². The first-order valence-corrected chi connectivity index (χ1v) is 10.4. The lowest BCUT2D eigenvalue weighted by Crippen LogP contribution is -2.48. The van der Waals surface area contributed by atoms with Crippen LogP contribution >= 0.6 is 0 Å². The summed E-state index contributed by atoms with van der Waals surface area (Å²) in [7, 11) is -3.67. The number of pyridine rings is 1. The number of piperazine rings is 1. The maximum atomic E-state index is 13.0. The van der Waals surface area contributed by atoms with Gasteiger partial charge in [0.2, 0.25) is 5.91 Å². The van der Waals surface area contributed by atoms with Gasteiger partial charge >= 0.3 is 0 Å². The Kier molecular flexibility index (Phi) is 5.65. The number of nitrogens with zero attached hydrogens (tertiary/aromatic N) is 4. The lowest BCUT2D eigenvalue weighted by atomic mass is 10.3. The Morgan fingerprint density at radius 1 is 1.07 bits per heavy atom. The third-order valence-electron chi connectivity index (χ3n) is 4.69. The van der Waals surface area contributed by atoms with Gasteiger partial charge in [0.1, 0.15) is 10.7 Å². The van der Waals surface area contributed by atoms with E-state index in [9.17, 15) is 13.2 Å². The van der Waals surface area contributed by atoms with E-state index in [1.165, 1.54) is 10.5 Å². The molecule has 7 nitrogen and oxygen atoms in total. The Morgan fingerprint density at radius 2 is 1.74 bits per heavy atom. The molecule has 144 valence electrons. The molecule has 0 atom stereocenters. The van der Waals surface area contributed by atoms with Gasteiger partial charge in [0, 0.05) is 45.8 Å². The van der Waals surface area contributed by atoms with Crippen molar-refractivity contribution in [1.82, 2.24) is 9.88 Å². The highest BCUT2D eigenvalue weighted by Gasteiger charge is 2.25. The van der Waals surface area contributed by atoms with Crippen LogP contribution in [0.4, 0.5) is 11.5 Å². The van der Waals surface area contributed by atoms with Crippen LogP contribution in [0.15, 0.2) is 53.6 Å². The number of sulfonamides is 1. The first kappa shape index (κ1) is 19.2. The fourth-order valence-corrected chi connectivity index (χ4v) is 4.59. The van der Waals surface area contributed by atoms with Crippen LogP contribution in [0.5, 0.6) is 0 Å². The van der Waals surface area contributed by atoms with E-state index in [2.05, 4.69) is 9.88 Å². The summed E-state index contributed by atoms with van der Waals surface area (Å²) in [6, 6.07) is 12.4. The molecular formula is C19H24N4O3S. The van der Waals surface area contributed by atoms with E-state index in [-0.39, 0.29) is 10.8 Å². The van der Waals surface area contributed by atoms with E-state index >= 15 is 0 Å². The van der Waals surface area contributed by atoms with Crippen molar-refractivity contribution in [1.29, 1.82) is 0 Å². The lowest BCUT2D eigenvalue weighted by Gasteiger charge is -2.35. The molecule has 3 rings (SSSR count). The molecule has 8 heteroatoms. The van der Waals surface area contributed by atoms with Crippen LogP contribution in [0.3, 0.4) is 0 Å². The van der Waals surface area contributed by atoms with Crippen molar-refractivity contribution in [2.75, 3.05) is 41.9 Å². The Hall–Kier alpha value is -2.61. The number of aromatic nitrogens is 1. The molecule has 0 unspecified atom stereocenters. The molecule has 0 radical (unpaired) electrons. The molecule has 0 spiro atoms. The topological polar surface area (TPSA) is 73.8 Å². The highest BCUT2D eigenvalue weighted by Crippen LogP contribution is 2.24. The molecular weight excluding hydrogens is 364 g/mol. The van der Waals surface area contributed by atoms with E-state index in [1.54, 1.807) is 43.0 Å². The molecule has 1 fully saturated rings. The van der Waals surface area contributed by atoms with E-state index in [1.807, 2.05) is 18.2 Å². The monoisotopic (exact) mass is 388 g/mol. The van der Waals surface area contributed by atoms with Crippen molar-refractivity contribution in [3.63, 3.8) is 0 Å². The fourth-order valence-electron chi connectivity index (χ4n) is 3.18. The minimum absolute atomic E-state index is 0.0737. The number of para-hydroxylation sites is 1. The molecule has 0 aliphatic carbocycles. The molecule has 27 heavy (non-hydrogen) atoms. The number of hydrogen-bond donors (Lipinski definition) is 0. The van der Waals surface area contributed by atoms with Crippen LogP contribution in [0.25, 0.3) is 0 Å². The number of benzene rings is 1. The summed E-state index contributed by atoms with van der Waals surface area (Å²) in [6.45, 7) is 6.37. The Labute approximate surface area is 160 Å². The quantitative estimate of drug-likeness (QED) is 0.783. The van der Waals surface area contributed by atoms with Crippen molar-refractivity contribution < 1.29 is 13.2 Å². The first-order valence-electron chi connectivity index (χ1n) is 8.98. The van der Waals surface area contributed by atoms with Gasteiger partial charge in [-0.1, -0.05) is 18.2 Å². The average Bonchev–Trinajstić information content (AvgIpc) is 2.69. The van der Waals surface area contributed by atoms with Gasteiger partial charge in [0.15, 0.2) is 0 Å². The second-order valence-corrected chi connectivity index (χ2v) is 8.21. The van der Waals surface area contributed by atoms with E-state index < -0.39 is 10.0 Å². The molecule has 2 heterocycles. The predicted molar refractivity (Wildman–Crippen MR) is 105 cm³/mol. The number of rotatable bonds is 5. The zero-order chi connectivity index (χ0) is 19.4. The lowest BCUT2D eigenvalue weighted by molar-refractivity contribution is -0.129. The zero-order valence-corrected chi connectivity index (χ0v) is 16.4. The number of hydrogen-bond acceptors (Lipinski definition) is 5. The van der Waals surface area contributed by atoms with Gasteiger partial charge in [-0.05, 0) is 31.2 Å². The summed E-state index contributed by atoms with van der Waals surface area (Å²) in [6.07, 6.45) is 1.41. The highest BCUT2D eigenvalue weighted by atomic mass is 32.2. The molecule has 1 aromatic carbocycles. The molecule has 1 amide bonds. The number of amides is 1. The van der Waals surface area contributed by atoms with Gasteiger partial charge in [0.25, 0.3) is 10.0 Å². The summed E-state index contributed by atoms with van der Waals surface area (Å²) in [5, 5.41) is 0. The number of anilines is 2. The number of carbonyl (C=O) groups excluding carboxylic acids is 1. The molecule has 1 aliphatic rings. The number of carbonyl (C=O) groups is 1. The second-order valence-electron chi connectivity index (χ2n) is 6.35. The third-order valence-corrected chi connectivity index (χ3v) is 6.58. The highest BCUT2D eigenvalue weighted by molar-refractivity contribution is 7.92.